The van der Waals surface area contributed by atoms with E-state index in [9.17, 15) is 17.1 Å². The van der Waals surface area contributed by atoms with Gasteiger partial charge in [-0.15, -0.1) is 3.89 Å². The number of hydrogen-bond acceptors (Lipinski definition) is 4. The maximum atomic E-state index is 13.0. The van der Waals surface area contributed by atoms with Gasteiger partial charge in [-0.2, -0.15) is 8.42 Å². The van der Waals surface area contributed by atoms with Gasteiger partial charge in [0.15, 0.2) is 0 Å². The second kappa shape index (κ2) is 5.03. The molecule has 1 amide bonds. The topological polar surface area (TPSA) is 72.5 Å². The number of nitrogens with one attached hydrogen (secondary N) is 1. The van der Waals surface area contributed by atoms with Crippen LogP contribution < -0.4 is 5.32 Å². The van der Waals surface area contributed by atoms with Gasteiger partial charge in [0.25, 0.3) is 0 Å². The lowest BCUT2D eigenvalue weighted by atomic mass is 10.1. The first-order valence-corrected chi connectivity index (χ1v) is 6.79. The molecule has 0 aliphatic carbocycles. The summed E-state index contributed by atoms with van der Waals surface area (Å²) in [5.74, 6) is -0.677. The van der Waals surface area contributed by atoms with Gasteiger partial charge in [0.05, 0.1) is 18.2 Å². The first-order valence-electron chi connectivity index (χ1n) is 5.41. The molecule has 7 heteroatoms. The van der Waals surface area contributed by atoms with Crippen LogP contribution in [0.5, 0.6) is 0 Å². The molecule has 98 valence electrons. The predicted octanol–water partition coefficient (Wildman–Crippen LogP) is 1.32. The average molecular weight is 273 g/mol. The Balaban J connectivity index is 2.21. The normalized spacial score (nSPS) is 19.7. The highest BCUT2D eigenvalue weighted by Gasteiger charge is 2.25. The molecular formula is C11H12FNO4S. The Kier molecular flexibility index (Phi) is 3.63. The summed E-state index contributed by atoms with van der Waals surface area (Å²) in [4.78, 5) is 11.3. The Labute approximate surface area is 104 Å². The van der Waals surface area contributed by atoms with Crippen LogP contribution in [0, 0.1) is 5.92 Å². The number of hydrogen-bond donors (Lipinski definition) is 1. The van der Waals surface area contributed by atoms with Crippen molar-refractivity contribution in [1.29, 1.82) is 0 Å². The highest BCUT2D eigenvalue weighted by atomic mass is 32.3. The number of ether oxygens (including phenoxy) is 1. The standard InChI is InChI=1S/C11H12FNO4S/c12-18(15,16)10-4-2-1-3-9(10)13-11(14)8-5-6-17-7-8/h1-4,8H,5-7H2,(H,13,14). The third-order valence-corrected chi connectivity index (χ3v) is 3.59. The third kappa shape index (κ3) is 2.85. The van der Waals surface area contributed by atoms with Gasteiger partial charge in [0.2, 0.25) is 5.91 Å². The summed E-state index contributed by atoms with van der Waals surface area (Å²) in [5.41, 5.74) is -0.0445. The number of carbonyl (C=O) groups is 1. The molecule has 1 aliphatic rings. The minimum atomic E-state index is -4.85. The maximum absolute atomic E-state index is 13.0. The number of carbonyl (C=O) groups excluding carboxylic acids is 1. The van der Waals surface area contributed by atoms with Gasteiger partial charge in [0, 0.05) is 6.61 Å². The van der Waals surface area contributed by atoms with Gasteiger partial charge < -0.3 is 10.1 Å². The van der Waals surface area contributed by atoms with E-state index in [1.54, 1.807) is 0 Å². The third-order valence-electron chi connectivity index (χ3n) is 2.71. The lowest BCUT2D eigenvalue weighted by molar-refractivity contribution is -0.119. The molecule has 1 unspecified atom stereocenters. The number of benzene rings is 1. The Morgan fingerprint density at radius 3 is 2.72 bits per heavy atom. The second-order valence-corrected chi connectivity index (χ2v) is 5.30. The highest BCUT2D eigenvalue weighted by Crippen LogP contribution is 2.24. The second-order valence-electron chi connectivity index (χ2n) is 3.98. The Morgan fingerprint density at radius 1 is 1.39 bits per heavy atom. The molecule has 5 nitrogen and oxygen atoms in total. The van der Waals surface area contributed by atoms with Crippen molar-refractivity contribution in [3.8, 4) is 0 Å². The molecule has 0 spiro atoms. The molecule has 1 fully saturated rings. The molecule has 1 aromatic carbocycles. The molecule has 1 aliphatic heterocycles. The largest absolute Gasteiger partial charge is 0.381 e. The van der Waals surface area contributed by atoms with Crippen LogP contribution in [0.3, 0.4) is 0 Å². The maximum Gasteiger partial charge on any atom is 0.334 e. The van der Waals surface area contributed by atoms with Crippen LogP contribution >= 0.6 is 0 Å². The van der Waals surface area contributed by atoms with Crippen molar-refractivity contribution >= 4 is 21.8 Å². The zero-order valence-corrected chi connectivity index (χ0v) is 10.2. The van der Waals surface area contributed by atoms with E-state index < -0.39 is 15.1 Å². The summed E-state index contributed by atoms with van der Waals surface area (Å²) >= 11 is 0. The molecule has 18 heavy (non-hydrogen) atoms. The summed E-state index contributed by atoms with van der Waals surface area (Å²) in [5, 5.41) is 2.42. The summed E-state index contributed by atoms with van der Waals surface area (Å²) < 4.78 is 39.9. The van der Waals surface area contributed by atoms with Crippen molar-refractivity contribution in [3.63, 3.8) is 0 Å². The van der Waals surface area contributed by atoms with E-state index in [4.69, 9.17) is 4.74 Å². The van der Waals surface area contributed by atoms with Crippen LogP contribution in [0.1, 0.15) is 6.42 Å². The number of para-hydroxylation sites is 1. The van der Waals surface area contributed by atoms with Gasteiger partial charge in [-0.25, -0.2) is 0 Å². The van der Waals surface area contributed by atoms with Crippen molar-refractivity contribution in [2.24, 2.45) is 5.92 Å². The summed E-state index contributed by atoms with van der Waals surface area (Å²) in [6, 6.07) is 5.37. The fourth-order valence-electron chi connectivity index (χ4n) is 1.76. The Hall–Kier alpha value is -1.47. The van der Waals surface area contributed by atoms with E-state index in [1.807, 2.05) is 0 Å². The van der Waals surface area contributed by atoms with Crippen LogP contribution in [-0.2, 0) is 19.8 Å². The fraction of sp³-hybridized carbons (Fsp3) is 0.364. The Bertz CT molecular complexity index is 552. The van der Waals surface area contributed by atoms with E-state index in [2.05, 4.69) is 5.32 Å². The molecule has 0 saturated carbocycles. The number of halogens is 1. The first-order chi connectivity index (χ1) is 8.48. The van der Waals surface area contributed by atoms with Crippen molar-refractivity contribution in [2.45, 2.75) is 11.3 Å². The molecule has 1 heterocycles. The van der Waals surface area contributed by atoms with Gasteiger partial charge in [-0.1, -0.05) is 12.1 Å². The zero-order valence-electron chi connectivity index (χ0n) is 9.43. The molecule has 1 aromatic rings. The molecule has 1 N–H and O–H groups in total. The fourth-order valence-corrected chi connectivity index (χ4v) is 2.38. The van der Waals surface area contributed by atoms with Crippen LogP contribution in [0.25, 0.3) is 0 Å². The van der Waals surface area contributed by atoms with E-state index in [0.717, 1.165) is 6.07 Å². The van der Waals surface area contributed by atoms with E-state index in [-0.39, 0.29) is 17.5 Å². The monoisotopic (exact) mass is 273 g/mol. The van der Waals surface area contributed by atoms with Crippen LogP contribution in [-0.4, -0.2) is 27.5 Å². The molecule has 0 aromatic heterocycles. The van der Waals surface area contributed by atoms with Crippen molar-refractivity contribution in [1.82, 2.24) is 0 Å². The lowest BCUT2D eigenvalue weighted by Crippen LogP contribution is -2.23. The molecule has 2 rings (SSSR count). The van der Waals surface area contributed by atoms with Gasteiger partial charge >= 0.3 is 10.2 Å². The van der Waals surface area contributed by atoms with Gasteiger partial charge in [-0.3, -0.25) is 4.79 Å². The van der Waals surface area contributed by atoms with E-state index in [0.29, 0.717) is 19.6 Å². The van der Waals surface area contributed by atoms with Crippen LogP contribution in [0.4, 0.5) is 9.57 Å². The van der Waals surface area contributed by atoms with Crippen LogP contribution in [0.15, 0.2) is 29.2 Å². The lowest BCUT2D eigenvalue weighted by Gasteiger charge is -2.11. The Morgan fingerprint density at radius 2 is 2.11 bits per heavy atom. The molecule has 1 atom stereocenters. The van der Waals surface area contributed by atoms with Crippen molar-refractivity contribution in [3.05, 3.63) is 24.3 Å². The smallest absolute Gasteiger partial charge is 0.334 e. The van der Waals surface area contributed by atoms with E-state index in [1.165, 1.54) is 18.2 Å². The zero-order chi connectivity index (χ0) is 13.2. The minimum Gasteiger partial charge on any atom is -0.381 e. The van der Waals surface area contributed by atoms with Gasteiger partial charge in [-0.05, 0) is 18.6 Å². The molecule has 1 saturated heterocycles. The summed E-state index contributed by atoms with van der Waals surface area (Å²) in [6.45, 7) is 0.803. The van der Waals surface area contributed by atoms with Crippen molar-refractivity contribution in [2.75, 3.05) is 18.5 Å². The summed E-state index contributed by atoms with van der Waals surface area (Å²) in [7, 11) is -4.85. The number of anilines is 1. The minimum absolute atomic E-state index is 0.0445. The van der Waals surface area contributed by atoms with Crippen molar-refractivity contribution < 1.29 is 21.8 Å². The SMILES string of the molecule is O=C(Nc1ccccc1S(=O)(=O)F)C1CCOC1. The predicted molar refractivity (Wildman–Crippen MR) is 62.3 cm³/mol. The average Bonchev–Trinajstić information content (AvgIpc) is 2.81. The van der Waals surface area contributed by atoms with Gasteiger partial charge in [0.1, 0.15) is 4.90 Å². The first kappa shape index (κ1) is 13.0. The molecule has 0 bridgehead atoms. The quantitative estimate of drug-likeness (QED) is 0.843. The highest BCUT2D eigenvalue weighted by molar-refractivity contribution is 7.86. The summed E-state index contributed by atoms with van der Waals surface area (Å²) in [6.07, 6.45) is 0.580. The number of amides is 1. The molecule has 0 radical (unpaired) electrons. The molecular weight excluding hydrogens is 261 g/mol. The van der Waals surface area contributed by atoms with E-state index >= 15 is 0 Å². The number of rotatable bonds is 3. The van der Waals surface area contributed by atoms with Crippen LogP contribution in [0.2, 0.25) is 0 Å².